The molecule has 0 saturated carbocycles. The molecule has 0 aromatic carbocycles. The molecule has 1 aromatic rings. The monoisotopic (exact) mass is 292 g/mol. The van der Waals surface area contributed by atoms with Crippen LogP contribution in [0.5, 0.6) is 0 Å². The Hall–Kier alpha value is -1.36. The van der Waals surface area contributed by atoms with Crippen molar-refractivity contribution in [3.05, 3.63) is 22.4 Å². The number of hydrogen-bond donors (Lipinski definition) is 0. The molecule has 0 aliphatic carbocycles. The number of carbonyl (C=O) groups excluding carboxylic acids is 2. The molecule has 1 spiro atoms. The molecule has 2 aliphatic rings. The van der Waals surface area contributed by atoms with Crippen LogP contribution < -0.4 is 0 Å². The van der Waals surface area contributed by atoms with Crippen molar-refractivity contribution in [3.8, 4) is 0 Å². The maximum atomic E-state index is 12.4. The van der Waals surface area contributed by atoms with Gasteiger partial charge in [-0.25, -0.2) is 0 Å². The van der Waals surface area contributed by atoms with E-state index < -0.39 is 0 Å². The first-order valence-corrected chi connectivity index (χ1v) is 8.10. The van der Waals surface area contributed by atoms with Crippen LogP contribution in [0.15, 0.2) is 16.8 Å². The summed E-state index contributed by atoms with van der Waals surface area (Å²) >= 11 is 1.62. The molecule has 20 heavy (non-hydrogen) atoms. The highest BCUT2D eigenvalue weighted by Gasteiger charge is 2.46. The number of hydrogen-bond acceptors (Lipinski definition) is 3. The zero-order chi connectivity index (χ0) is 14.2. The zero-order valence-corrected chi connectivity index (χ0v) is 12.6. The van der Waals surface area contributed by atoms with Crippen molar-refractivity contribution >= 4 is 23.2 Å². The summed E-state index contributed by atoms with van der Waals surface area (Å²) in [7, 11) is 1.89. The maximum Gasteiger partial charge on any atom is 0.227 e. The van der Waals surface area contributed by atoms with Gasteiger partial charge in [0.2, 0.25) is 11.8 Å². The predicted octanol–water partition coefficient (Wildman–Crippen LogP) is 1.90. The molecule has 3 heterocycles. The minimum atomic E-state index is -0.0976. The molecule has 4 nitrogen and oxygen atoms in total. The van der Waals surface area contributed by atoms with Crippen LogP contribution in [0.1, 0.15) is 31.2 Å². The first kappa shape index (κ1) is 13.6. The minimum Gasteiger partial charge on any atom is -0.340 e. The van der Waals surface area contributed by atoms with E-state index in [0.29, 0.717) is 19.4 Å². The van der Waals surface area contributed by atoms with E-state index in [1.165, 1.54) is 0 Å². The van der Waals surface area contributed by atoms with Gasteiger partial charge in [0.05, 0.1) is 12.0 Å². The van der Waals surface area contributed by atoms with Crippen LogP contribution in [-0.2, 0) is 16.0 Å². The molecular weight excluding hydrogens is 272 g/mol. The molecule has 108 valence electrons. The Bertz CT molecular complexity index is 514. The third kappa shape index (κ3) is 2.35. The number of amides is 2. The zero-order valence-electron chi connectivity index (χ0n) is 11.8. The molecule has 2 amide bonds. The molecule has 3 rings (SSSR count). The second-order valence-corrected chi connectivity index (χ2v) is 6.68. The molecule has 2 aliphatic heterocycles. The van der Waals surface area contributed by atoms with Crippen molar-refractivity contribution in [1.82, 2.24) is 9.80 Å². The Morgan fingerprint density at radius 3 is 2.95 bits per heavy atom. The average Bonchev–Trinajstić information content (AvgIpc) is 3.04. The lowest BCUT2D eigenvalue weighted by Gasteiger charge is -2.44. The van der Waals surface area contributed by atoms with Gasteiger partial charge in [0.15, 0.2) is 0 Å². The Morgan fingerprint density at radius 2 is 2.30 bits per heavy atom. The highest BCUT2D eigenvalue weighted by molar-refractivity contribution is 7.07. The third-order valence-electron chi connectivity index (χ3n) is 4.73. The van der Waals surface area contributed by atoms with Crippen LogP contribution in [0.4, 0.5) is 0 Å². The summed E-state index contributed by atoms with van der Waals surface area (Å²) in [6, 6.07) is 2.01. The summed E-state index contributed by atoms with van der Waals surface area (Å²) < 4.78 is 0. The Morgan fingerprint density at radius 1 is 1.45 bits per heavy atom. The van der Waals surface area contributed by atoms with E-state index in [4.69, 9.17) is 0 Å². The van der Waals surface area contributed by atoms with Crippen molar-refractivity contribution in [2.45, 2.75) is 37.6 Å². The summed E-state index contributed by atoms with van der Waals surface area (Å²) in [6.07, 6.45) is 4.02. The fourth-order valence-electron chi connectivity index (χ4n) is 3.42. The van der Waals surface area contributed by atoms with Gasteiger partial charge in [-0.15, -0.1) is 0 Å². The van der Waals surface area contributed by atoms with Crippen molar-refractivity contribution in [3.63, 3.8) is 0 Å². The molecule has 0 radical (unpaired) electrons. The number of piperidine rings is 1. The lowest BCUT2D eigenvalue weighted by Crippen LogP contribution is -2.56. The van der Waals surface area contributed by atoms with Crippen LogP contribution in [0, 0.1) is 0 Å². The van der Waals surface area contributed by atoms with Gasteiger partial charge in [-0.1, -0.05) is 0 Å². The SMILES string of the molecule is CN1C(=O)CC[C@@]12CCCN(C(=O)Cc1ccsc1)C2. The van der Waals surface area contributed by atoms with Gasteiger partial charge in [0.1, 0.15) is 0 Å². The smallest absolute Gasteiger partial charge is 0.227 e. The van der Waals surface area contributed by atoms with E-state index in [1.54, 1.807) is 11.3 Å². The van der Waals surface area contributed by atoms with Gasteiger partial charge in [0.25, 0.3) is 0 Å². The Balaban J connectivity index is 1.69. The summed E-state index contributed by atoms with van der Waals surface area (Å²) in [6.45, 7) is 1.53. The fraction of sp³-hybridized carbons (Fsp3) is 0.600. The van der Waals surface area contributed by atoms with Gasteiger partial charge in [-0.05, 0) is 41.7 Å². The molecule has 0 bridgehead atoms. The number of likely N-dealkylation sites (tertiary alicyclic amines) is 2. The van der Waals surface area contributed by atoms with E-state index in [0.717, 1.165) is 31.4 Å². The summed E-state index contributed by atoms with van der Waals surface area (Å²) in [5.41, 5.74) is 0.995. The van der Waals surface area contributed by atoms with Crippen molar-refractivity contribution in [2.75, 3.05) is 20.1 Å². The van der Waals surface area contributed by atoms with Gasteiger partial charge < -0.3 is 9.80 Å². The highest BCUT2D eigenvalue weighted by Crippen LogP contribution is 2.36. The molecular formula is C15H20N2O2S. The van der Waals surface area contributed by atoms with Crippen LogP contribution in [0.2, 0.25) is 0 Å². The summed E-state index contributed by atoms with van der Waals surface area (Å²) in [5, 5.41) is 4.03. The lowest BCUT2D eigenvalue weighted by molar-refractivity contribution is -0.138. The van der Waals surface area contributed by atoms with Gasteiger partial charge in [-0.2, -0.15) is 11.3 Å². The van der Waals surface area contributed by atoms with E-state index in [1.807, 2.05) is 33.7 Å². The van der Waals surface area contributed by atoms with E-state index in [9.17, 15) is 9.59 Å². The van der Waals surface area contributed by atoms with Gasteiger partial charge in [0, 0.05) is 26.6 Å². The Kier molecular flexibility index (Phi) is 3.54. The molecule has 0 unspecified atom stereocenters. The largest absolute Gasteiger partial charge is 0.340 e. The van der Waals surface area contributed by atoms with Crippen LogP contribution in [0.25, 0.3) is 0 Å². The minimum absolute atomic E-state index is 0.0976. The molecule has 0 N–H and O–H groups in total. The first-order chi connectivity index (χ1) is 9.61. The lowest BCUT2D eigenvalue weighted by atomic mass is 9.86. The molecule has 1 aromatic heterocycles. The number of nitrogens with zero attached hydrogens (tertiary/aromatic N) is 2. The normalized spacial score (nSPS) is 26.6. The fourth-order valence-corrected chi connectivity index (χ4v) is 4.09. The molecule has 2 saturated heterocycles. The number of rotatable bonds is 2. The van der Waals surface area contributed by atoms with Gasteiger partial charge in [-0.3, -0.25) is 9.59 Å². The van der Waals surface area contributed by atoms with E-state index in [2.05, 4.69) is 0 Å². The number of thiophene rings is 1. The molecule has 2 fully saturated rings. The Labute approximate surface area is 123 Å². The summed E-state index contributed by atoms with van der Waals surface area (Å²) in [5.74, 6) is 0.410. The number of carbonyl (C=O) groups is 2. The third-order valence-corrected chi connectivity index (χ3v) is 5.47. The quantitative estimate of drug-likeness (QED) is 0.835. The van der Waals surface area contributed by atoms with Crippen LogP contribution in [-0.4, -0.2) is 47.3 Å². The molecule has 5 heteroatoms. The first-order valence-electron chi connectivity index (χ1n) is 7.16. The van der Waals surface area contributed by atoms with Crippen LogP contribution in [0.3, 0.4) is 0 Å². The highest BCUT2D eigenvalue weighted by atomic mass is 32.1. The van der Waals surface area contributed by atoms with E-state index in [-0.39, 0.29) is 17.4 Å². The standard InChI is InChI=1S/C15H20N2O2S/c1-16-13(18)3-6-15(16)5-2-7-17(11-15)14(19)9-12-4-8-20-10-12/h4,8,10H,2-3,5-7,9,11H2,1H3/t15-/m1/s1. The second-order valence-electron chi connectivity index (χ2n) is 5.90. The van der Waals surface area contributed by atoms with Crippen molar-refractivity contribution < 1.29 is 9.59 Å². The molecule has 1 atom stereocenters. The van der Waals surface area contributed by atoms with Crippen LogP contribution >= 0.6 is 11.3 Å². The second kappa shape index (κ2) is 5.20. The average molecular weight is 292 g/mol. The topological polar surface area (TPSA) is 40.6 Å². The predicted molar refractivity (Wildman–Crippen MR) is 78.6 cm³/mol. The van der Waals surface area contributed by atoms with Crippen molar-refractivity contribution in [2.24, 2.45) is 0 Å². The maximum absolute atomic E-state index is 12.4. The van der Waals surface area contributed by atoms with Gasteiger partial charge >= 0.3 is 0 Å². The summed E-state index contributed by atoms with van der Waals surface area (Å²) in [4.78, 5) is 28.1. The number of likely N-dealkylation sites (N-methyl/N-ethyl adjacent to an activating group) is 1. The van der Waals surface area contributed by atoms with E-state index >= 15 is 0 Å². The van der Waals surface area contributed by atoms with Crippen molar-refractivity contribution in [1.29, 1.82) is 0 Å².